The van der Waals surface area contributed by atoms with Gasteiger partial charge >= 0.3 is 0 Å². The number of benzene rings is 1. The van der Waals surface area contributed by atoms with Gasteiger partial charge in [-0.25, -0.2) is 0 Å². The smallest absolute Gasteiger partial charge is 0.171 e. The molecule has 1 rings (SSSR count). The van der Waals surface area contributed by atoms with Crippen LogP contribution in [0.5, 0.6) is 0 Å². The summed E-state index contributed by atoms with van der Waals surface area (Å²) in [5, 5.41) is 0. The highest BCUT2D eigenvalue weighted by molar-refractivity contribution is 8.00. The van der Waals surface area contributed by atoms with Gasteiger partial charge in [-0.2, -0.15) is 0 Å². The Bertz CT molecular complexity index is 341. The van der Waals surface area contributed by atoms with E-state index in [9.17, 15) is 0 Å². The van der Waals surface area contributed by atoms with E-state index in [4.69, 9.17) is 0 Å². The van der Waals surface area contributed by atoms with Crippen LogP contribution in [0, 0.1) is 0 Å². The standard InChI is InChI=1S/C12H19NS2Si/c1-14-11-5-7-12(8-6-11)15-10-9-13-16(2,3)4/h5-9H,10H2,1-4H3/b13-9+. The van der Waals surface area contributed by atoms with Gasteiger partial charge in [0.2, 0.25) is 0 Å². The van der Waals surface area contributed by atoms with Crippen molar-refractivity contribution >= 4 is 38.0 Å². The van der Waals surface area contributed by atoms with Gasteiger partial charge in [-0.3, -0.25) is 0 Å². The maximum Gasteiger partial charge on any atom is 0.171 e. The molecule has 0 unspecified atom stereocenters. The molecule has 0 aliphatic heterocycles. The predicted molar refractivity (Wildman–Crippen MR) is 80.8 cm³/mol. The summed E-state index contributed by atoms with van der Waals surface area (Å²) in [6.07, 6.45) is 4.17. The SMILES string of the molecule is CSc1ccc(SC/C=N/[Si](C)(C)C)cc1. The lowest BCUT2D eigenvalue weighted by atomic mass is 10.4. The van der Waals surface area contributed by atoms with Crippen molar-refractivity contribution in [3.63, 3.8) is 0 Å². The molecule has 0 fully saturated rings. The number of thioether (sulfide) groups is 2. The molecule has 0 aromatic heterocycles. The van der Waals surface area contributed by atoms with Crippen LogP contribution in [0.1, 0.15) is 0 Å². The quantitative estimate of drug-likeness (QED) is 0.446. The molecule has 1 aromatic carbocycles. The summed E-state index contributed by atoms with van der Waals surface area (Å²) in [6.45, 7) is 6.75. The molecule has 88 valence electrons. The molecule has 0 saturated carbocycles. The molecule has 4 heteroatoms. The third-order valence-electron chi connectivity index (χ3n) is 1.86. The van der Waals surface area contributed by atoms with Crippen LogP contribution in [0.3, 0.4) is 0 Å². The van der Waals surface area contributed by atoms with E-state index < -0.39 is 8.24 Å². The van der Waals surface area contributed by atoms with Crippen LogP contribution in [0.2, 0.25) is 19.6 Å². The number of hydrogen-bond donors (Lipinski definition) is 0. The second-order valence-electron chi connectivity index (χ2n) is 4.47. The summed E-state index contributed by atoms with van der Waals surface area (Å²) >= 11 is 3.62. The largest absolute Gasteiger partial charge is 0.333 e. The lowest BCUT2D eigenvalue weighted by Crippen LogP contribution is -2.16. The Labute approximate surface area is 108 Å². The van der Waals surface area contributed by atoms with E-state index in [1.165, 1.54) is 9.79 Å². The Morgan fingerprint density at radius 3 is 2.19 bits per heavy atom. The second-order valence-corrected chi connectivity index (χ2v) is 11.0. The van der Waals surface area contributed by atoms with Crippen molar-refractivity contribution < 1.29 is 0 Å². The van der Waals surface area contributed by atoms with Gasteiger partial charge in [-0.1, -0.05) is 0 Å². The van der Waals surface area contributed by atoms with E-state index in [-0.39, 0.29) is 0 Å². The average molecular weight is 270 g/mol. The van der Waals surface area contributed by atoms with E-state index >= 15 is 0 Å². The van der Waals surface area contributed by atoms with Gasteiger partial charge in [0.1, 0.15) is 0 Å². The van der Waals surface area contributed by atoms with E-state index in [0.717, 1.165) is 5.75 Å². The van der Waals surface area contributed by atoms with E-state index in [1.807, 2.05) is 11.8 Å². The number of rotatable bonds is 5. The molecular weight excluding hydrogens is 250 g/mol. The van der Waals surface area contributed by atoms with E-state index in [1.54, 1.807) is 11.8 Å². The lowest BCUT2D eigenvalue weighted by Gasteiger charge is -2.07. The molecule has 0 aliphatic rings. The van der Waals surface area contributed by atoms with Gasteiger partial charge in [0, 0.05) is 15.5 Å². The lowest BCUT2D eigenvalue weighted by molar-refractivity contribution is 1.36. The first-order valence-electron chi connectivity index (χ1n) is 5.32. The Balaban J connectivity index is 2.40. The monoisotopic (exact) mass is 269 g/mol. The molecule has 0 N–H and O–H groups in total. The molecule has 0 bridgehead atoms. The van der Waals surface area contributed by atoms with Crippen LogP contribution in [0.15, 0.2) is 38.7 Å². The zero-order chi connectivity index (χ0) is 12.0. The topological polar surface area (TPSA) is 12.4 Å². The van der Waals surface area contributed by atoms with Gasteiger partial charge in [0.15, 0.2) is 8.24 Å². The van der Waals surface area contributed by atoms with Crippen molar-refractivity contribution in [2.45, 2.75) is 29.4 Å². The minimum atomic E-state index is -1.26. The molecule has 0 amide bonds. The number of nitrogens with zero attached hydrogens (tertiary/aromatic N) is 1. The summed E-state index contributed by atoms with van der Waals surface area (Å²) in [7, 11) is -1.26. The van der Waals surface area contributed by atoms with Crippen LogP contribution in [-0.4, -0.2) is 26.5 Å². The molecule has 0 saturated heterocycles. The third-order valence-corrected chi connectivity index (χ3v) is 4.48. The molecule has 0 atom stereocenters. The fourth-order valence-corrected chi connectivity index (χ4v) is 2.97. The highest BCUT2D eigenvalue weighted by Crippen LogP contribution is 2.21. The molecule has 0 heterocycles. The molecule has 1 aromatic rings. The van der Waals surface area contributed by atoms with Crippen molar-refractivity contribution in [1.82, 2.24) is 0 Å². The Kier molecular flexibility index (Phi) is 5.65. The fourth-order valence-electron chi connectivity index (χ4n) is 1.12. The first-order chi connectivity index (χ1) is 7.51. The zero-order valence-electron chi connectivity index (χ0n) is 10.4. The summed E-state index contributed by atoms with van der Waals surface area (Å²) < 4.78 is 4.59. The summed E-state index contributed by atoms with van der Waals surface area (Å²) in [6, 6.07) is 8.70. The van der Waals surface area contributed by atoms with Crippen LogP contribution in [0.4, 0.5) is 0 Å². The minimum Gasteiger partial charge on any atom is -0.333 e. The fraction of sp³-hybridized carbons (Fsp3) is 0.417. The predicted octanol–water partition coefficient (Wildman–Crippen LogP) is 4.41. The normalized spacial score (nSPS) is 12.2. The highest BCUT2D eigenvalue weighted by atomic mass is 32.2. The van der Waals surface area contributed by atoms with Crippen LogP contribution in [0.25, 0.3) is 0 Å². The summed E-state index contributed by atoms with van der Waals surface area (Å²) in [5.41, 5.74) is 0. The summed E-state index contributed by atoms with van der Waals surface area (Å²) in [4.78, 5) is 2.64. The van der Waals surface area contributed by atoms with Gasteiger partial charge in [-0.15, -0.1) is 23.5 Å². The summed E-state index contributed by atoms with van der Waals surface area (Å²) in [5.74, 6) is 0.975. The molecule has 16 heavy (non-hydrogen) atoms. The van der Waals surface area contributed by atoms with Crippen molar-refractivity contribution in [1.29, 1.82) is 0 Å². The van der Waals surface area contributed by atoms with Crippen molar-refractivity contribution in [2.75, 3.05) is 12.0 Å². The van der Waals surface area contributed by atoms with Crippen LogP contribution >= 0.6 is 23.5 Å². The first-order valence-corrected chi connectivity index (χ1v) is 11.0. The maximum atomic E-state index is 4.59. The number of hydrogen-bond acceptors (Lipinski definition) is 3. The Morgan fingerprint density at radius 1 is 1.12 bits per heavy atom. The first kappa shape index (κ1) is 13.9. The second kappa shape index (κ2) is 6.52. The molecular formula is C12H19NS2Si. The van der Waals surface area contributed by atoms with Gasteiger partial charge in [0.05, 0.1) is 0 Å². The van der Waals surface area contributed by atoms with Crippen molar-refractivity contribution in [3.8, 4) is 0 Å². The van der Waals surface area contributed by atoms with E-state index in [2.05, 4.69) is 61.0 Å². The Morgan fingerprint density at radius 2 is 1.69 bits per heavy atom. The van der Waals surface area contributed by atoms with Gasteiger partial charge < -0.3 is 4.66 Å². The maximum absolute atomic E-state index is 4.59. The van der Waals surface area contributed by atoms with Crippen LogP contribution in [-0.2, 0) is 0 Å². The van der Waals surface area contributed by atoms with Crippen molar-refractivity contribution in [2.24, 2.45) is 4.66 Å². The molecule has 1 nitrogen and oxygen atoms in total. The van der Waals surface area contributed by atoms with Crippen LogP contribution < -0.4 is 0 Å². The minimum absolute atomic E-state index is 0.975. The third kappa shape index (κ3) is 5.77. The van der Waals surface area contributed by atoms with Gasteiger partial charge in [-0.05, 0) is 56.4 Å². The molecule has 0 aliphatic carbocycles. The van der Waals surface area contributed by atoms with Crippen molar-refractivity contribution in [3.05, 3.63) is 24.3 Å². The average Bonchev–Trinajstić information content (AvgIpc) is 2.24. The van der Waals surface area contributed by atoms with Gasteiger partial charge in [0.25, 0.3) is 0 Å². The Hall–Kier alpha value is -0.193. The highest BCUT2D eigenvalue weighted by Gasteiger charge is 2.08. The van der Waals surface area contributed by atoms with E-state index in [0.29, 0.717) is 0 Å². The molecule has 0 spiro atoms. The zero-order valence-corrected chi connectivity index (χ0v) is 13.0. The molecule has 0 radical (unpaired) electrons.